The van der Waals surface area contributed by atoms with Gasteiger partial charge in [0.15, 0.2) is 0 Å². The number of esters is 1. The number of carbonyl (C=O) groups excluding carboxylic acids is 2. The van der Waals surface area contributed by atoms with E-state index in [9.17, 15) is 14.4 Å². The zero-order chi connectivity index (χ0) is 16.0. The number of rotatable bonds is 5. The fourth-order valence-electron chi connectivity index (χ4n) is 2.25. The largest absolute Gasteiger partial charge is 0.480 e. The lowest BCUT2D eigenvalue weighted by Gasteiger charge is -2.36. The zero-order valence-electron chi connectivity index (χ0n) is 12.7. The fraction of sp³-hybridized carbons (Fsp3) is 0.769. The molecule has 0 aromatic carbocycles. The summed E-state index contributed by atoms with van der Waals surface area (Å²) in [5.41, 5.74) is 0. The molecule has 1 aliphatic heterocycles. The molecule has 1 rings (SSSR count). The molecular formula is C13H23N3O5. The van der Waals surface area contributed by atoms with E-state index in [4.69, 9.17) is 5.11 Å². The van der Waals surface area contributed by atoms with Crippen LogP contribution in [0, 0.1) is 0 Å². The van der Waals surface area contributed by atoms with Crippen LogP contribution in [-0.4, -0.2) is 79.3 Å². The number of nitrogens with zero attached hydrogens (tertiary/aromatic N) is 2. The van der Waals surface area contributed by atoms with E-state index in [1.54, 1.807) is 4.90 Å². The summed E-state index contributed by atoms with van der Waals surface area (Å²) in [6.45, 7) is 1.13. The van der Waals surface area contributed by atoms with Crippen molar-refractivity contribution in [1.82, 2.24) is 15.1 Å². The van der Waals surface area contributed by atoms with Crippen LogP contribution in [0.15, 0.2) is 0 Å². The molecule has 0 radical (unpaired) electrons. The smallest absolute Gasteiger partial charge is 0.326 e. The maximum Gasteiger partial charge on any atom is 0.326 e. The highest BCUT2D eigenvalue weighted by Crippen LogP contribution is 2.14. The van der Waals surface area contributed by atoms with Crippen LogP contribution in [-0.2, 0) is 14.3 Å². The SMILES string of the molecule is COC(=O)C[C@H](NC(=O)N1CCCC(N(C)C)C1)C(=O)O. The van der Waals surface area contributed by atoms with Crippen molar-refractivity contribution in [2.75, 3.05) is 34.3 Å². The normalized spacial score (nSPS) is 20.0. The summed E-state index contributed by atoms with van der Waals surface area (Å²) in [5, 5.41) is 11.4. The summed E-state index contributed by atoms with van der Waals surface area (Å²) in [6.07, 6.45) is 1.48. The van der Waals surface area contributed by atoms with Gasteiger partial charge in [0.1, 0.15) is 6.04 Å². The predicted molar refractivity (Wildman–Crippen MR) is 74.9 cm³/mol. The molecule has 1 saturated heterocycles. The molecule has 0 spiro atoms. The van der Waals surface area contributed by atoms with E-state index in [0.717, 1.165) is 12.8 Å². The Morgan fingerprint density at radius 1 is 1.43 bits per heavy atom. The second kappa shape index (κ2) is 7.82. The zero-order valence-corrected chi connectivity index (χ0v) is 12.7. The minimum Gasteiger partial charge on any atom is -0.480 e. The van der Waals surface area contributed by atoms with Crippen LogP contribution in [0.25, 0.3) is 0 Å². The van der Waals surface area contributed by atoms with Crippen molar-refractivity contribution in [2.24, 2.45) is 0 Å². The van der Waals surface area contributed by atoms with Crippen LogP contribution in [0.2, 0.25) is 0 Å². The lowest BCUT2D eigenvalue weighted by Crippen LogP contribution is -2.54. The van der Waals surface area contributed by atoms with E-state index in [1.807, 2.05) is 19.0 Å². The first-order valence-electron chi connectivity index (χ1n) is 6.86. The average Bonchev–Trinajstić information content (AvgIpc) is 2.46. The van der Waals surface area contributed by atoms with Gasteiger partial charge in [-0.05, 0) is 26.9 Å². The molecule has 0 bridgehead atoms. The third kappa shape index (κ3) is 5.22. The number of nitrogens with one attached hydrogen (secondary N) is 1. The van der Waals surface area contributed by atoms with Crippen LogP contribution in [0.3, 0.4) is 0 Å². The quantitative estimate of drug-likeness (QED) is 0.679. The molecule has 8 nitrogen and oxygen atoms in total. The van der Waals surface area contributed by atoms with E-state index in [1.165, 1.54) is 7.11 Å². The van der Waals surface area contributed by atoms with Crippen LogP contribution in [0.5, 0.6) is 0 Å². The summed E-state index contributed by atoms with van der Waals surface area (Å²) in [6, 6.07) is -1.48. The van der Waals surface area contributed by atoms with Crippen molar-refractivity contribution < 1.29 is 24.2 Å². The van der Waals surface area contributed by atoms with Crippen molar-refractivity contribution in [3.8, 4) is 0 Å². The Balaban J connectivity index is 2.60. The van der Waals surface area contributed by atoms with Crippen molar-refractivity contribution in [2.45, 2.75) is 31.3 Å². The Morgan fingerprint density at radius 2 is 2.10 bits per heavy atom. The predicted octanol–water partition coefficient (Wildman–Crippen LogP) is -0.262. The highest BCUT2D eigenvalue weighted by molar-refractivity contribution is 5.86. The summed E-state index contributed by atoms with van der Waals surface area (Å²) >= 11 is 0. The van der Waals surface area contributed by atoms with Crippen LogP contribution in [0.4, 0.5) is 4.79 Å². The number of amides is 2. The van der Waals surface area contributed by atoms with Crippen LogP contribution in [0.1, 0.15) is 19.3 Å². The number of urea groups is 1. The van der Waals surface area contributed by atoms with Gasteiger partial charge in [-0.3, -0.25) is 4.79 Å². The number of carboxylic acids is 1. The Bertz CT molecular complexity index is 399. The third-order valence-corrected chi connectivity index (χ3v) is 3.61. The Morgan fingerprint density at radius 3 is 2.62 bits per heavy atom. The molecule has 2 N–H and O–H groups in total. The van der Waals surface area contributed by atoms with E-state index >= 15 is 0 Å². The van der Waals surface area contributed by atoms with Crippen LogP contribution < -0.4 is 5.32 Å². The molecule has 0 saturated carbocycles. The number of hydrogen-bond donors (Lipinski definition) is 2. The number of carbonyl (C=O) groups is 3. The molecule has 2 amide bonds. The molecule has 1 unspecified atom stereocenters. The number of likely N-dealkylation sites (N-methyl/N-ethyl adjacent to an activating group) is 1. The van der Waals surface area contributed by atoms with Crippen molar-refractivity contribution in [3.05, 3.63) is 0 Å². The maximum atomic E-state index is 12.1. The van der Waals surface area contributed by atoms with Crippen LogP contribution >= 0.6 is 0 Å². The summed E-state index contributed by atoms with van der Waals surface area (Å²) < 4.78 is 4.43. The minimum atomic E-state index is -1.27. The van der Waals surface area contributed by atoms with Gasteiger partial charge in [0.2, 0.25) is 0 Å². The molecular weight excluding hydrogens is 278 g/mol. The van der Waals surface area contributed by atoms with E-state index in [-0.39, 0.29) is 12.5 Å². The number of hydrogen-bond acceptors (Lipinski definition) is 5. The first-order valence-corrected chi connectivity index (χ1v) is 6.86. The monoisotopic (exact) mass is 301 g/mol. The first-order chi connectivity index (χ1) is 9.85. The summed E-state index contributed by atoms with van der Waals surface area (Å²) in [5.74, 6) is -1.93. The fourth-order valence-corrected chi connectivity index (χ4v) is 2.25. The van der Waals surface area contributed by atoms with Gasteiger partial charge in [-0.2, -0.15) is 0 Å². The van der Waals surface area contributed by atoms with Gasteiger partial charge >= 0.3 is 18.0 Å². The second-order valence-corrected chi connectivity index (χ2v) is 5.33. The summed E-state index contributed by atoms with van der Waals surface area (Å²) in [7, 11) is 5.07. The maximum absolute atomic E-state index is 12.1. The van der Waals surface area contributed by atoms with E-state index in [2.05, 4.69) is 10.1 Å². The molecule has 2 atom stereocenters. The van der Waals surface area contributed by atoms with Gasteiger partial charge in [-0.15, -0.1) is 0 Å². The highest BCUT2D eigenvalue weighted by atomic mass is 16.5. The molecule has 120 valence electrons. The first kappa shape index (κ1) is 17.2. The van der Waals surface area contributed by atoms with Crippen molar-refractivity contribution in [3.63, 3.8) is 0 Å². The molecule has 1 aliphatic rings. The molecule has 0 aliphatic carbocycles. The molecule has 1 heterocycles. The summed E-state index contributed by atoms with van der Waals surface area (Å²) in [4.78, 5) is 38.0. The number of aliphatic carboxylic acids is 1. The van der Waals surface area contributed by atoms with Crippen molar-refractivity contribution >= 4 is 18.0 Å². The Hall–Kier alpha value is -1.83. The second-order valence-electron chi connectivity index (χ2n) is 5.33. The molecule has 0 aromatic rings. The lowest BCUT2D eigenvalue weighted by atomic mass is 10.1. The van der Waals surface area contributed by atoms with E-state index < -0.39 is 24.0 Å². The molecule has 1 fully saturated rings. The third-order valence-electron chi connectivity index (χ3n) is 3.61. The van der Waals surface area contributed by atoms with E-state index in [0.29, 0.717) is 13.1 Å². The highest BCUT2D eigenvalue weighted by Gasteiger charge is 2.29. The number of methoxy groups -OCH3 is 1. The lowest BCUT2D eigenvalue weighted by molar-refractivity contribution is -0.147. The van der Waals surface area contributed by atoms with Gasteiger partial charge < -0.3 is 25.0 Å². The number of piperidine rings is 1. The Kier molecular flexibility index (Phi) is 6.41. The van der Waals surface area contributed by atoms with Gasteiger partial charge in [0.05, 0.1) is 13.5 Å². The Labute approximate surface area is 124 Å². The molecule has 0 aromatic heterocycles. The topological polar surface area (TPSA) is 99.2 Å². The van der Waals surface area contributed by atoms with Gasteiger partial charge in [0, 0.05) is 19.1 Å². The van der Waals surface area contributed by atoms with Gasteiger partial charge in [0.25, 0.3) is 0 Å². The van der Waals surface area contributed by atoms with Crippen molar-refractivity contribution in [1.29, 1.82) is 0 Å². The molecule has 8 heteroatoms. The number of ether oxygens (including phenoxy) is 1. The average molecular weight is 301 g/mol. The minimum absolute atomic E-state index is 0.258. The van der Waals surface area contributed by atoms with Gasteiger partial charge in [-0.25, -0.2) is 9.59 Å². The van der Waals surface area contributed by atoms with Gasteiger partial charge in [-0.1, -0.05) is 0 Å². The standard InChI is InChI=1S/C13H23N3O5/c1-15(2)9-5-4-6-16(8-9)13(20)14-10(12(18)19)7-11(17)21-3/h9-10H,4-8H2,1-3H3,(H,14,20)(H,18,19)/t9?,10-/m0/s1. The number of carboxylic acid groups (broad SMARTS) is 1. The number of likely N-dealkylation sites (tertiary alicyclic amines) is 1. The molecule has 21 heavy (non-hydrogen) atoms.